The molecule has 2 rings (SSSR count). The van der Waals surface area contributed by atoms with Crippen LogP contribution in [0.15, 0.2) is 18.2 Å². The molecular formula is C24H37NO7. The minimum absolute atomic E-state index is 0.0280. The molecule has 0 saturated heterocycles. The second-order valence-corrected chi connectivity index (χ2v) is 8.35. The maximum atomic E-state index is 11.9. The molecule has 0 spiro atoms. The number of benzene rings is 1. The molecule has 1 amide bonds. The van der Waals surface area contributed by atoms with Crippen LogP contribution < -0.4 is 10.1 Å². The van der Waals surface area contributed by atoms with E-state index in [1.165, 1.54) is 7.11 Å². The van der Waals surface area contributed by atoms with Crippen molar-refractivity contribution >= 4 is 12.1 Å². The first-order valence-corrected chi connectivity index (χ1v) is 11.3. The lowest BCUT2D eigenvalue weighted by Crippen LogP contribution is -2.42. The van der Waals surface area contributed by atoms with Crippen LogP contribution in [0, 0.1) is 0 Å². The molecule has 0 aromatic heterocycles. The summed E-state index contributed by atoms with van der Waals surface area (Å²) >= 11 is 0. The van der Waals surface area contributed by atoms with Crippen LogP contribution in [0.1, 0.15) is 63.0 Å². The molecule has 0 bridgehead atoms. The van der Waals surface area contributed by atoms with Crippen molar-refractivity contribution in [1.29, 1.82) is 0 Å². The molecule has 8 heteroatoms. The lowest BCUT2D eigenvalue weighted by Gasteiger charge is -2.37. The highest BCUT2D eigenvalue weighted by atomic mass is 16.7. The van der Waals surface area contributed by atoms with E-state index in [4.69, 9.17) is 23.7 Å². The van der Waals surface area contributed by atoms with Gasteiger partial charge in [-0.2, -0.15) is 0 Å². The number of carbonyl (C=O) groups is 2. The Balaban J connectivity index is 1.74. The van der Waals surface area contributed by atoms with E-state index < -0.39 is 0 Å². The summed E-state index contributed by atoms with van der Waals surface area (Å²) < 4.78 is 25.9. The van der Waals surface area contributed by atoms with Gasteiger partial charge in [0.15, 0.2) is 13.6 Å². The molecule has 1 aromatic rings. The maximum Gasteiger partial charge on any atom is 0.407 e. The van der Waals surface area contributed by atoms with E-state index in [1.54, 1.807) is 7.11 Å². The number of alkyl carbamates (subject to hydrolysis) is 1. The third kappa shape index (κ3) is 9.44. The Bertz CT molecular complexity index is 718. The highest BCUT2D eigenvalue weighted by molar-refractivity contribution is 5.69. The number of carbonyl (C=O) groups excluding carboxylic acids is 2. The molecule has 8 nitrogen and oxygen atoms in total. The third-order valence-electron chi connectivity index (χ3n) is 5.56. The summed E-state index contributed by atoms with van der Waals surface area (Å²) in [6, 6.07) is 5.95. The van der Waals surface area contributed by atoms with Crippen LogP contribution in [0.2, 0.25) is 0 Å². The maximum absolute atomic E-state index is 11.9. The number of hydrogen-bond acceptors (Lipinski definition) is 7. The summed E-state index contributed by atoms with van der Waals surface area (Å²) in [5, 5.41) is 2.84. The molecule has 0 aliphatic heterocycles. The molecule has 32 heavy (non-hydrogen) atoms. The SMILES string of the molecule is COCOC(=O)CCc1ccc(OCOC)c(CCCCCNC(=O)OC2(C)CCC2)c1. The standard InChI is InChI=1S/C24H37NO7/c1-24(13-7-14-24)32-23(27)25-15-6-4-5-8-20-16-19(9-11-21(20)30-17-28-2)10-12-22(26)31-18-29-3/h9,11,16H,4-8,10,12-15,17-18H2,1-3H3,(H,25,27). The Morgan fingerprint density at radius 2 is 1.81 bits per heavy atom. The summed E-state index contributed by atoms with van der Waals surface area (Å²) in [4.78, 5) is 23.6. The molecule has 0 atom stereocenters. The van der Waals surface area contributed by atoms with Crippen molar-refractivity contribution in [1.82, 2.24) is 5.32 Å². The van der Waals surface area contributed by atoms with Crippen LogP contribution in [0.4, 0.5) is 4.79 Å². The molecule has 0 unspecified atom stereocenters. The Morgan fingerprint density at radius 1 is 1.03 bits per heavy atom. The Kier molecular flexibility index (Phi) is 11.3. The van der Waals surface area contributed by atoms with Gasteiger partial charge in [0.1, 0.15) is 11.4 Å². The first-order chi connectivity index (χ1) is 15.5. The van der Waals surface area contributed by atoms with Gasteiger partial charge in [0, 0.05) is 27.2 Å². The molecule has 0 radical (unpaired) electrons. The number of amides is 1. The predicted octanol–water partition coefficient (Wildman–Crippen LogP) is 4.13. The number of esters is 1. The zero-order chi connectivity index (χ0) is 23.2. The van der Waals surface area contributed by atoms with Crippen LogP contribution in [-0.2, 0) is 36.6 Å². The normalized spacial score (nSPS) is 14.3. The average molecular weight is 452 g/mol. The minimum Gasteiger partial charge on any atom is -0.467 e. The van der Waals surface area contributed by atoms with Gasteiger partial charge >= 0.3 is 12.1 Å². The quantitative estimate of drug-likeness (QED) is 0.243. The number of rotatable bonds is 15. The lowest BCUT2D eigenvalue weighted by molar-refractivity contribution is -0.153. The minimum atomic E-state index is -0.320. The van der Waals surface area contributed by atoms with Gasteiger partial charge in [0.2, 0.25) is 0 Å². The van der Waals surface area contributed by atoms with Gasteiger partial charge in [-0.1, -0.05) is 18.6 Å². The summed E-state index contributed by atoms with van der Waals surface area (Å²) in [7, 11) is 3.07. The number of methoxy groups -OCH3 is 2. The Labute approximate surface area is 190 Å². The molecule has 1 aliphatic carbocycles. The molecule has 1 aliphatic rings. The molecule has 1 saturated carbocycles. The van der Waals surface area contributed by atoms with Gasteiger partial charge in [0.05, 0.1) is 0 Å². The van der Waals surface area contributed by atoms with Gasteiger partial charge < -0.3 is 29.0 Å². The van der Waals surface area contributed by atoms with Crippen molar-refractivity contribution in [2.75, 3.05) is 34.4 Å². The van der Waals surface area contributed by atoms with Crippen molar-refractivity contribution < 1.29 is 33.3 Å². The predicted molar refractivity (Wildman–Crippen MR) is 120 cm³/mol. The van der Waals surface area contributed by atoms with E-state index in [9.17, 15) is 9.59 Å². The number of ether oxygens (including phenoxy) is 5. The molecule has 0 heterocycles. The van der Waals surface area contributed by atoms with Crippen molar-refractivity contribution in [3.05, 3.63) is 29.3 Å². The van der Waals surface area contributed by atoms with E-state index in [-0.39, 0.29) is 31.2 Å². The van der Waals surface area contributed by atoms with Crippen LogP contribution in [0.5, 0.6) is 5.75 Å². The fourth-order valence-electron chi connectivity index (χ4n) is 3.53. The zero-order valence-electron chi connectivity index (χ0n) is 19.6. The Morgan fingerprint density at radius 3 is 2.50 bits per heavy atom. The van der Waals surface area contributed by atoms with Crippen LogP contribution in [-0.4, -0.2) is 52.0 Å². The van der Waals surface area contributed by atoms with Crippen LogP contribution in [0.25, 0.3) is 0 Å². The van der Waals surface area contributed by atoms with E-state index >= 15 is 0 Å². The van der Waals surface area contributed by atoms with Gasteiger partial charge in [-0.15, -0.1) is 0 Å². The van der Waals surface area contributed by atoms with Crippen molar-refractivity contribution in [3.8, 4) is 5.75 Å². The van der Waals surface area contributed by atoms with Crippen LogP contribution >= 0.6 is 0 Å². The third-order valence-corrected chi connectivity index (χ3v) is 5.56. The summed E-state index contributed by atoms with van der Waals surface area (Å²) in [6.07, 6.45) is 7.22. The van der Waals surface area contributed by atoms with E-state index in [0.717, 1.165) is 61.8 Å². The first-order valence-electron chi connectivity index (χ1n) is 11.3. The fraction of sp³-hybridized carbons (Fsp3) is 0.667. The lowest BCUT2D eigenvalue weighted by atomic mass is 9.82. The monoisotopic (exact) mass is 451 g/mol. The zero-order valence-corrected chi connectivity index (χ0v) is 19.6. The van der Waals surface area contributed by atoms with Crippen LogP contribution in [0.3, 0.4) is 0 Å². The smallest absolute Gasteiger partial charge is 0.407 e. The molecule has 1 N–H and O–H groups in total. The number of unbranched alkanes of at least 4 members (excludes halogenated alkanes) is 2. The van der Waals surface area contributed by atoms with Gasteiger partial charge in [-0.3, -0.25) is 4.79 Å². The van der Waals surface area contributed by atoms with Crippen molar-refractivity contribution in [2.45, 2.75) is 70.3 Å². The van der Waals surface area contributed by atoms with Gasteiger partial charge in [-0.25, -0.2) is 4.79 Å². The fourth-order valence-corrected chi connectivity index (χ4v) is 3.53. The molecular weight excluding hydrogens is 414 g/mol. The van der Waals surface area contributed by atoms with E-state index in [2.05, 4.69) is 11.4 Å². The highest BCUT2D eigenvalue weighted by Crippen LogP contribution is 2.34. The van der Waals surface area contributed by atoms with Crippen molar-refractivity contribution in [3.63, 3.8) is 0 Å². The first kappa shape index (κ1) is 25.9. The topological polar surface area (TPSA) is 92.3 Å². The summed E-state index contributed by atoms with van der Waals surface area (Å²) in [5.74, 6) is 0.499. The van der Waals surface area contributed by atoms with E-state index in [0.29, 0.717) is 19.4 Å². The molecule has 1 aromatic carbocycles. The summed E-state index contributed by atoms with van der Waals surface area (Å²) in [6.45, 7) is 2.74. The second-order valence-electron chi connectivity index (χ2n) is 8.35. The van der Waals surface area contributed by atoms with Gasteiger partial charge in [-0.05, 0) is 69.1 Å². The van der Waals surface area contributed by atoms with Gasteiger partial charge in [0.25, 0.3) is 0 Å². The number of aryl methyl sites for hydroxylation is 2. The second kappa shape index (κ2) is 14.0. The summed E-state index contributed by atoms with van der Waals surface area (Å²) in [5.41, 5.74) is 1.86. The largest absolute Gasteiger partial charge is 0.467 e. The molecule has 180 valence electrons. The molecule has 1 fully saturated rings. The Hall–Kier alpha value is -2.32. The highest BCUT2D eigenvalue weighted by Gasteiger charge is 2.35. The van der Waals surface area contributed by atoms with E-state index in [1.807, 2.05) is 19.1 Å². The number of nitrogens with one attached hydrogen (secondary N) is 1. The number of hydrogen-bond donors (Lipinski definition) is 1. The average Bonchev–Trinajstić information content (AvgIpc) is 2.76. The van der Waals surface area contributed by atoms with Crippen molar-refractivity contribution in [2.24, 2.45) is 0 Å².